The zero-order chi connectivity index (χ0) is 29.0. The molecule has 1 fully saturated rings. The molecule has 3 aromatic rings. The Balaban J connectivity index is 1.86. The number of rotatable bonds is 6. The van der Waals surface area contributed by atoms with Gasteiger partial charge in [-0.25, -0.2) is 14.2 Å². The average molecular weight is 545 g/mol. The van der Waals surface area contributed by atoms with Gasteiger partial charge < -0.3 is 5.73 Å². The van der Waals surface area contributed by atoms with Gasteiger partial charge in [-0.05, 0) is 72.1 Å². The molecule has 3 atom stereocenters. The Morgan fingerprint density at radius 1 is 0.975 bits per heavy atom. The number of hydrazine groups is 1. The minimum Gasteiger partial charge on any atom is -0.351 e. The summed E-state index contributed by atoms with van der Waals surface area (Å²) in [5.41, 5.74) is 11.5. The maximum atomic E-state index is 14.5. The summed E-state index contributed by atoms with van der Waals surface area (Å²) in [6, 6.07) is 20.6. The Hall–Kier alpha value is -4.20. The summed E-state index contributed by atoms with van der Waals surface area (Å²) >= 11 is 0. The second kappa shape index (κ2) is 11.9. The fraction of sp³-hybridized carbons (Fsp3) is 0.344. The molecule has 0 aromatic heterocycles. The quantitative estimate of drug-likeness (QED) is 0.398. The van der Waals surface area contributed by atoms with Crippen LogP contribution < -0.4 is 16.1 Å². The number of aryl methyl sites for hydroxylation is 1. The number of nitrogens with two attached hydrogens (primary N) is 1. The number of nitrogens with one attached hydrogen (secondary N) is 1. The fourth-order valence-electron chi connectivity index (χ4n) is 5.37. The van der Waals surface area contributed by atoms with Gasteiger partial charge in [0.2, 0.25) is 5.91 Å². The van der Waals surface area contributed by atoms with E-state index in [0.29, 0.717) is 17.7 Å². The Morgan fingerprint density at radius 2 is 1.65 bits per heavy atom. The van der Waals surface area contributed by atoms with Crippen molar-refractivity contribution in [1.82, 2.24) is 10.4 Å². The molecule has 4 rings (SSSR count). The molecule has 0 saturated carbocycles. The van der Waals surface area contributed by atoms with Crippen LogP contribution in [0, 0.1) is 18.2 Å². The van der Waals surface area contributed by atoms with Gasteiger partial charge in [0.25, 0.3) is 5.91 Å². The van der Waals surface area contributed by atoms with Crippen LogP contribution >= 0.6 is 0 Å². The first-order chi connectivity index (χ1) is 18.9. The van der Waals surface area contributed by atoms with Crippen molar-refractivity contribution >= 4 is 23.5 Å². The van der Waals surface area contributed by atoms with Crippen LogP contribution in [0.3, 0.4) is 0 Å². The third-order valence-electron chi connectivity index (χ3n) is 7.14. The van der Waals surface area contributed by atoms with Crippen LogP contribution in [0.2, 0.25) is 0 Å². The van der Waals surface area contributed by atoms with E-state index in [1.165, 1.54) is 22.0 Å². The van der Waals surface area contributed by atoms with E-state index in [0.717, 1.165) is 11.1 Å². The third kappa shape index (κ3) is 6.86. The summed E-state index contributed by atoms with van der Waals surface area (Å²) in [5.74, 6) is -1.37. The minimum atomic E-state index is -0.995. The van der Waals surface area contributed by atoms with E-state index >= 15 is 0 Å². The van der Waals surface area contributed by atoms with Crippen molar-refractivity contribution in [1.29, 1.82) is 0 Å². The number of primary amides is 1. The highest BCUT2D eigenvalue weighted by atomic mass is 19.1. The summed E-state index contributed by atoms with van der Waals surface area (Å²) in [6.45, 7) is 7.72. The van der Waals surface area contributed by atoms with Crippen LogP contribution in [0.5, 0.6) is 0 Å². The number of benzene rings is 3. The lowest BCUT2D eigenvalue weighted by molar-refractivity contribution is -0.145. The summed E-state index contributed by atoms with van der Waals surface area (Å²) in [7, 11) is 0. The molecular formula is C32H37FN4O3. The smallest absolute Gasteiger partial charge is 0.320 e. The third-order valence-corrected chi connectivity index (χ3v) is 7.14. The number of nitrogens with zero attached hydrogens (tertiary/aromatic N) is 2. The lowest BCUT2D eigenvalue weighted by atomic mass is 9.86. The minimum absolute atomic E-state index is 0.178. The zero-order valence-corrected chi connectivity index (χ0v) is 23.4. The standard InChI is InChI=1S/C32H37FN4O3/c1-21-9-8-12-26(17-21)36(31(34)40)28-19-24(22-10-6-5-7-11-22)18-27(23-13-15-25(33)16-14-23)37(30(28)39)35-29(38)20-32(2,3)4/h5-17,24,27-28H,18-20H2,1-4H3,(H2,34,40)(H,35,38). The van der Waals surface area contributed by atoms with Gasteiger partial charge in [-0.15, -0.1) is 0 Å². The fourth-order valence-corrected chi connectivity index (χ4v) is 5.37. The van der Waals surface area contributed by atoms with Crippen LogP contribution in [0.4, 0.5) is 14.9 Å². The van der Waals surface area contributed by atoms with E-state index in [1.807, 2.05) is 64.1 Å². The van der Waals surface area contributed by atoms with Gasteiger partial charge in [0.05, 0.1) is 6.04 Å². The molecule has 4 amide bonds. The van der Waals surface area contributed by atoms with Crippen molar-refractivity contribution < 1.29 is 18.8 Å². The van der Waals surface area contributed by atoms with E-state index in [2.05, 4.69) is 5.43 Å². The Labute approximate surface area is 235 Å². The largest absolute Gasteiger partial charge is 0.351 e. The van der Waals surface area contributed by atoms with Crippen molar-refractivity contribution in [2.45, 2.75) is 65.0 Å². The number of hydrogen-bond acceptors (Lipinski definition) is 3. The molecule has 0 aliphatic carbocycles. The molecule has 0 bridgehead atoms. The highest BCUT2D eigenvalue weighted by Crippen LogP contribution is 2.40. The molecule has 0 radical (unpaired) electrons. The number of amides is 4. The first kappa shape index (κ1) is 28.8. The number of urea groups is 1. The predicted octanol–water partition coefficient (Wildman–Crippen LogP) is 6.00. The number of hydrogen-bond donors (Lipinski definition) is 2. The Kier molecular flexibility index (Phi) is 8.57. The van der Waals surface area contributed by atoms with Crippen LogP contribution in [-0.4, -0.2) is 28.9 Å². The lowest BCUT2D eigenvalue weighted by Gasteiger charge is -2.35. The molecule has 3 aromatic carbocycles. The van der Waals surface area contributed by atoms with Gasteiger partial charge in [0.15, 0.2) is 0 Å². The summed E-state index contributed by atoms with van der Waals surface area (Å²) in [6.07, 6.45) is 0.897. The Morgan fingerprint density at radius 3 is 2.25 bits per heavy atom. The summed E-state index contributed by atoms with van der Waals surface area (Å²) in [5, 5.41) is 1.33. The summed E-state index contributed by atoms with van der Waals surface area (Å²) < 4.78 is 13.9. The van der Waals surface area contributed by atoms with E-state index in [-0.39, 0.29) is 30.1 Å². The highest BCUT2D eigenvalue weighted by molar-refractivity contribution is 6.00. The van der Waals surface area contributed by atoms with E-state index < -0.39 is 29.8 Å². The molecule has 7 nitrogen and oxygen atoms in total. The van der Waals surface area contributed by atoms with Crippen LogP contribution in [0.25, 0.3) is 0 Å². The molecule has 210 valence electrons. The molecule has 1 aliphatic heterocycles. The van der Waals surface area contributed by atoms with Crippen molar-refractivity contribution in [2.75, 3.05) is 4.90 Å². The number of anilines is 1. The number of carbonyl (C=O) groups is 3. The van der Waals surface area contributed by atoms with Crippen molar-refractivity contribution in [3.05, 3.63) is 101 Å². The number of carbonyl (C=O) groups excluding carboxylic acids is 3. The normalized spacial score (nSPS) is 19.6. The zero-order valence-electron chi connectivity index (χ0n) is 23.4. The highest BCUT2D eigenvalue weighted by Gasteiger charge is 2.43. The van der Waals surface area contributed by atoms with Crippen molar-refractivity contribution in [3.63, 3.8) is 0 Å². The maximum absolute atomic E-state index is 14.5. The molecule has 3 N–H and O–H groups in total. The van der Waals surface area contributed by atoms with Gasteiger partial charge >= 0.3 is 6.03 Å². The molecule has 40 heavy (non-hydrogen) atoms. The van der Waals surface area contributed by atoms with Crippen LogP contribution in [-0.2, 0) is 9.59 Å². The van der Waals surface area contributed by atoms with E-state index in [9.17, 15) is 18.8 Å². The second-order valence-electron chi connectivity index (χ2n) is 11.7. The first-order valence-electron chi connectivity index (χ1n) is 13.5. The van der Waals surface area contributed by atoms with Crippen LogP contribution in [0.1, 0.15) is 68.7 Å². The maximum Gasteiger partial charge on any atom is 0.320 e. The second-order valence-corrected chi connectivity index (χ2v) is 11.7. The van der Waals surface area contributed by atoms with Gasteiger partial charge in [-0.1, -0.05) is 75.4 Å². The van der Waals surface area contributed by atoms with Gasteiger partial charge in [0.1, 0.15) is 11.9 Å². The molecule has 0 spiro atoms. The molecule has 1 aliphatic rings. The Bertz CT molecular complexity index is 1350. The lowest BCUT2D eigenvalue weighted by Crippen LogP contribution is -2.57. The molecule has 8 heteroatoms. The summed E-state index contributed by atoms with van der Waals surface area (Å²) in [4.78, 5) is 42.0. The van der Waals surface area contributed by atoms with Crippen molar-refractivity contribution in [2.24, 2.45) is 11.1 Å². The SMILES string of the molecule is Cc1cccc(N(C(N)=O)C2CC(c3ccccc3)CC(c3ccc(F)cc3)N(NC(=O)CC(C)(C)C)C2=O)c1. The molecule has 1 saturated heterocycles. The van der Waals surface area contributed by atoms with Gasteiger partial charge in [-0.3, -0.25) is 19.9 Å². The number of halogens is 1. The van der Waals surface area contributed by atoms with E-state index in [1.54, 1.807) is 30.3 Å². The van der Waals surface area contributed by atoms with Gasteiger partial charge in [-0.2, -0.15) is 0 Å². The average Bonchev–Trinajstić information content (AvgIpc) is 3.01. The van der Waals surface area contributed by atoms with Crippen molar-refractivity contribution in [3.8, 4) is 0 Å². The predicted molar refractivity (Wildman–Crippen MR) is 154 cm³/mol. The van der Waals surface area contributed by atoms with Crippen LogP contribution in [0.15, 0.2) is 78.9 Å². The van der Waals surface area contributed by atoms with E-state index in [4.69, 9.17) is 5.73 Å². The molecule has 3 unspecified atom stereocenters. The first-order valence-corrected chi connectivity index (χ1v) is 13.5. The van der Waals surface area contributed by atoms with Gasteiger partial charge in [0, 0.05) is 12.1 Å². The topological polar surface area (TPSA) is 95.7 Å². The molecule has 1 heterocycles. The monoisotopic (exact) mass is 544 g/mol. The molecular weight excluding hydrogens is 507 g/mol.